The zero-order valence-corrected chi connectivity index (χ0v) is 13.0. The summed E-state index contributed by atoms with van der Waals surface area (Å²) in [5.41, 5.74) is 6.96. The minimum atomic E-state index is -0.645. The van der Waals surface area contributed by atoms with Gasteiger partial charge in [-0.05, 0) is 26.2 Å². The van der Waals surface area contributed by atoms with E-state index in [0.29, 0.717) is 22.9 Å². The molecule has 5 atom stereocenters. The van der Waals surface area contributed by atoms with Crippen LogP contribution in [-0.2, 0) is 15.0 Å². The highest BCUT2D eigenvalue weighted by Gasteiger charge is 2.76. The van der Waals surface area contributed by atoms with Crippen LogP contribution in [0.25, 0.3) is 11.2 Å². The molecule has 2 aromatic rings. The molecular weight excluding hydrogens is 298 g/mol. The van der Waals surface area contributed by atoms with Crippen molar-refractivity contribution in [3.05, 3.63) is 12.7 Å². The minimum Gasteiger partial charge on any atom is -0.396 e. The van der Waals surface area contributed by atoms with Gasteiger partial charge in [-0.15, -0.1) is 0 Å². The standard InChI is InChI=1S/C15H19N5O3/c1-14(2)22-10-7(4-21)8-3-15(8,11(10)23-14)20-6-19-9-12(16)17-5-18-13(9)20/h5-8,10-11,21H,3-4H2,1-2H3,(H2,16,17,18)/t7-,8-,10+,11?,15?/m0/s1. The van der Waals surface area contributed by atoms with Crippen molar-refractivity contribution in [1.29, 1.82) is 0 Å². The smallest absolute Gasteiger partial charge is 0.166 e. The zero-order chi connectivity index (χ0) is 16.0. The number of aliphatic hydroxyl groups is 1. The number of hydrogen-bond acceptors (Lipinski definition) is 7. The summed E-state index contributed by atoms with van der Waals surface area (Å²) < 4.78 is 14.3. The Kier molecular flexibility index (Phi) is 2.38. The van der Waals surface area contributed by atoms with Crippen molar-refractivity contribution >= 4 is 17.0 Å². The molecule has 122 valence electrons. The third-order valence-electron chi connectivity index (χ3n) is 5.61. The number of nitrogens with zero attached hydrogens (tertiary/aromatic N) is 4. The van der Waals surface area contributed by atoms with Gasteiger partial charge in [-0.3, -0.25) is 0 Å². The van der Waals surface area contributed by atoms with Gasteiger partial charge in [0.15, 0.2) is 17.3 Å². The van der Waals surface area contributed by atoms with Gasteiger partial charge in [-0.25, -0.2) is 15.0 Å². The summed E-state index contributed by atoms with van der Waals surface area (Å²) in [4.78, 5) is 12.8. The highest BCUT2D eigenvalue weighted by Crippen LogP contribution is 2.68. The van der Waals surface area contributed by atoms with Crippen LogP contribution in [0.3, 0.4) is 0 Å². The Labute approximate surface area is 132 Å². The maximum Gasteiger partial charge on any atom is 0.166 e. The summed E-state index contributed by atoms with van der Waals surface area (Å²) >= 11 is 0. The molecule has 2 aliphatic carbocycles. The average molecular weight is 317 g/mol. The van der Waals surface area contributed by atoms with Crippen LogP contribution in [0.1, 0.15) is 20.3 Å². The van der Waals surface area contributed by atoms with Gasteiger partial charge in [0, 0.05) is 12.5 Å². The predicted octanol–water partition coefficient (Wildman–Crippen LogP) is 0.266. The quantitative estimate of drug-likeness (QED) is 0.818. The molecule has 0 aromatic carbocycles. The molecule has 2 aromatic heterocycles. The zero-order valence-electron chi connectivity index (χ0n) is 13.0. The lowest BCUT2D eigenvalue weighted by atomic mass is 10.0. The van der Waals surface area contributed by atoms with Crippen molar-refractivity contribution in [2.24, 2.45) is 11.8 Å². The first-order valence-corrected chi connectivity index (χ1v) is 7.88. The summed E-state index contributed by atoms with van der Waals surface area (Å²) in [5, 5.41) is 9.84. The van der Waals surface area contributed by atoms with E-state index in [1.54, 1.807) is 6.33 Å². The van der Waals surface area contributed by atoms with Crippen LogP contribution < -0.4 is 5.73 Å². The first kappa shape index (κ1) is 13.6. The summed E-state index contributed by atoms with van der Waals surface area (Å²) in [5.74, 6) is 0.0957. The van der Waals surface area contributed by atoms with Crippen LogP contribution in [0.4, 0.5) is 5.82 Å². The van der Waals surface area contributed by atoms with E-state index in [0.717, 1.165) is 6.42 Å². The van der Waals surface area contributed by atoms with E-state index in [4.69, 9.17) is 15.2 Å². The molecule has 1 aliphatic heterocycles. The Bertz CT molecular complexity index is 806. The van der Waals surface area contributed by atoms with Crippen molar-refractivity contribution < 1.29 is 14.6 Å². The van der Waals surface area contributed by atoms with Gasteiger partial charge in [-0.1, -0.05) is 0 Å². The highest BCUT2D eigenvalue weighted by molar-refractivity contribution is 5.81. The number of aromatic nitrogens is 4. The van der Waals surface area contributed by atoms with Crippen LogP contribution in [0.15, 0.2) is 12.7 Å². The second-order valence-corrected chi connectivity index (χ2v) is 7.21. The molecule has 0 radical (unpaired) electrons. The van der Waals surface area contributed by atoms with Gasteiger partial charge in [0.25, 0.3) is 0 Å². The topological polar surface area (TPSA) is 108 Å². The van der Waals surface area contributed by atoms with Crippen molar-refractivity contribution in [1.82, 2.24) is 19.5 Å². The van der Waals surface area contributed by atoms with E-state index < -0.39 is 5.79 Å². The van der Waals surface area contributed by atoms with Gasteiger partial charge < -0.3 is 24.9 Å². The average Bonchev–Trinajstić information content (AvgIpc) is 2.82. The third kappa shape index (κ3) is 1.53. The molecule has 3 aliphatic rings. The lowest BCUT2D eigenvalue weighted by Gasteiger charge is -2.25. The van der Waals surface area contributed by atoms with E-state index >= 15 is 0 Å². The molecule has 0 bridgehead atoms. The fourth-order valence-corrected chi connectivity index (χ4v) is 4.66. The molecule has 8 nitrogen and oxygen atoms in total. The summed E-state index contributed by atoms with van der Waals surface area (Å²) in [6.07, 6.45) is 3.92. The first-order valence-electron chi connectivity index (χ1n) is 7.88. The molecule has 2 unspecified atom stereocenters. The lowest BCUT2D eigenvalue weighted by molar-refractivity contribution is -0.162. The van der Waals surface area contributed by atoms with E-state index in [-0.39, 0.29) is 30.3 Å². The molecular formula is C15H19N5O3. The normalized spacial score (nSPS) is 40.3. The molecule has 1 saturated heterocycles. The monoisotopic (exact) mass is 317 g/mol. The first-order chi connectivity index (χ1) is 11.0. The summed E-state index contributed by atoms with van der Waals surface area (Å²) in [7, 11) is 0. The molecule has 0 amide bonds. The largest absolute Gasteiger partial charge is 0.396 e. The number of nitrogen functional groups attached to an aromatic ring is 1. The molecule has 3 fully saturated rings. The third-order valence-corrected chi connectivity index (χ3v) is 5.61. The van der Waals surface area contributed by atoms with E-state index in [2.05, 4.69) is 19.5 Å². The lowest BCUT2D eigenvalue weighted by Crippen LogP contribution is -2.37. The number of anilines is 1. The summed E-state index contributed by atoms with van der Waals surface area (Å²) in [6.45, 7) is 3.92. The van der Waals surface area contributed by atoms with Gasteiger partial charge in [-0.2, -0.15) is 0 Å². The number of ether oxygens (including phenoxy) is 2. The number of imidazole rings is 1. The fraction of sp³-hybridized carbons (Fsp3) is 0.667. The van der Waals surface area contributed by atoms with Crippen molar-refractivity contribution in [3.63, 3.8) is 0 Å². The summed E-state index contributed by atoms with van der Waals surface area (Å²) in [6, 6.07) is 0. The Morgan fingerprint density at radius 3 is 2.96 bits per heavy atom. The van der Waals surface area contributed by atoms with Gasteiger partial charge in [0.2, 0.25) is 0 Å². The second kappa shape index (κ2) is 4.00. The number of nitrogens with two attached hydrogens (primary N) is 1. The Morgan fingerprint density at radius 1 is 1.35 bits per heavy atom. The van der Waals surface area contributed by atoms with Gasteiger partial charge in [0.1, 0.15) is 17.9 Å². The van der Waals surface area contributed by atoms with Gasteiger partial charge >= 0.3 is 0 Å². The SMILES string of the molecule is CC1(C)OC2[C@H](O1)[C@@H](CO)[C@@H]1CC21n1cnc2c(N)ncnc21. The second-order valence-electron chi connectivity index (χ2n) is 7.21. The maximum atomic E-state index is 9.84. The predicted molar refractivity (Wildman–Crippen MR) is 80.2 cm³/mol. The van der Waals surface area contributed by atoms with Gasteiger partial charge in [0.05, 0.1) is 18.0 Å². The van der Waals surface area contributed by atoms with Crippen molar-refractivity contribution in [2.45, 2.75) is 43.8 Å². The number of aliphatic hydroxyl groups excluding tert-OH is 1. The van der Waals surface area contributed by atoms with Crippen LogP contribution in [-0.4, -0.2) is 49.2 Å². The van der Waals surface area contributed by atoms with E-state index in [9.17, 15) is 5.11 Å². The molecule has 8 heteroatoms. The van der Waals surface area contributed by atoms with Crippen molar-refractivity contribution in [3.8, 4) is 0 Å². The number of hydrogen-bond donors (Lipinski definition) is 2. The molecule has 23 heavy (non-hydrogen) atoms. The molecule has 5 rings (SSSR count). The van der Waals surface area contributed by atoms with Crippen molar-refractivity contribution in [2.75, 3.05) is 12.3 Å². The van der Waals surface area contributed by atoms with Crippen LogP contribution in [0.2, 0.25) is 0 Å². The molecule has 2 saturated carbocycles. The highest BCUT2D eigenvalue weighted by atomic mass is 16.8. The molecule has 3 heterocycles. The molecule has 3 N–H and O–H groups in total. The minimum absolute atomic E-state index is 0.0680. The fourth-order valence-electron chi connectivity index (χ4n) is 4.66. The molecule has 0 spiro atoms. The van der Waals surface area contributed by atoms with Crippen LogP contribution in [0.5, 0.6) is 0 Å². The number of rotatable bonds is 2. The number of fused-ring (bicyclic) bond motifs is 4. The van der Waals surface area contributed by atoms with E-state index in [1.807, 2.05) is 13.8 Å². The maximum absolute atomic E-state index is 9.84. The Balaban J connectivity index is 1.66. The van der Waals surface area contributed by atoms with E-state index in [1.165, 1.54) is 6.33 Å². The Morgan fingerprint density at radius 2 is 2.17 bits per heavy atom. The van der Waals surface area contributed by atoms with Crippen LogP contribution >= 0.6 is 0 Å². The Hall–Kier alpha value is -1.77. The van der Waals surface area contributed by atoms with Crippen LogP contribution in [0, 0.1) is 11.8 Å².